The summed E-state index contributed by atoms with van der Waals surface area (Å²) in [6.45, 7) is 1.76. The first-order chi connectivity index (χ1) is 11.0. The number of aryl methyl sites for hydroxylation is 1. The maximum Gasteiger partial charge on any atom is 0.290 e. The van der Waals surface area contributed by atoms with Crippen molar-refractivity contribution in [1.29, 1.82) is 0 Å². The molecule has 1 aromatic carbocycles. The Morgan fingerprint density at radius 1 is 1.30 bits per heavy atom. The normalized spacial score (nSPS) is 11.3. The summed E-state index contributed by atoms with van der Waals surface area (Å²) in [6.07, 6.45) is 3.22. The zero-order valence-electron chi connectivity index (χ0n) is 12.1. The molecular weight excluding hydrogens is 363 g/mol. The molecule has 2 aromatic heterocycles. The van der Waals surface area contributed by atoms with Crippen LogP contribution in [0.25, 0.3) is 5.65 Å². The van der Waals surface area contributed by atoms with Crippen molar-refractivity contribution in [1.82, 2.24) is 14.8 Å². The largest absolute Gasteiger partial charge is 0.294 e. The SMILES string of the molecule is Cc1nc2ccc(Br)cn2c1C(=O)NN=Cc1ccc(F)cc1. The minimum atomic E-state index is -0.369. The van der Waals surface area contributed by atoms with Crippen LogP contribution < -0.4 is 5.43 Å². The molecule has 0 fully saturated rings. The molecule has 0 saturated carbocycles. The number of pyridine rings is 1. The van der Waals surface area contributed by atoms with Gasteiger partial charge >= 0.3 is 0 Å². The molecule has 0 aliphatic carbocycles. The van der Waals surface area contributed by atoms with Gasteiger partial charge in [-0.15, -0.1) is 0 Å². The molecule has 5 nitrogen and oxygen atoms in total. The van der Waals surface area contributed by atoms with E-state index < -0.39 is 0 Å². The third-order valence-electron chi connectivity index (χ3n) is 3.22. The Kier molecular flexibility index (Phi) is 4.20. The number of aromatic nitrogens is 2. The number of carbonyl (C=O) groups excluding carboxylic acids is 1. The molecule has 2 heterocycles. The van der Waals surface area contributed by atoms with Crippen LogP contribution in [0.5, 0.6) is 0 Å². The average Bonchev–Trinajstić information content (AvgIpc) is 2.84. The van der Waals surface area contributed by atoms with Gasteiger partial charge in [-0.3, -0.25) is 9.20 Å². The molecular formula is C16H12BrFN4O. The van der Waals surface area contributed by atoms with Gasteiger partial charge in [-0.1, -0.05) is 12.1 Å². The van der Waals surface area contributed by atoms with Crippen LogP contribution in [-0.4, -0.2) is 21.5 Å². The number of nitrogens with one attached hydrogen (secondary N) is 1. The molecule has 0 spiro atoms. The van der Waals surface area contributed by atoms with E-state index in [-0.39, 0.29) is 11.7 Å². The van der Waals surface area contributed by atoms with Gasteiger partial charge in [-0.2, -0.15) is 5.10 Å². The van der Waals surface area contributed by atoms with Crippen LogP contribution in [0.3, 0.4) is 0 Å². The van der Waals surface area contributed by atoms with Crippen LogP contribution in [0, 0.1) is 12.7 Å². The fourth-order valence-corrected chi connectivity index (χ4v) is 2.51. The summed E-state index contributed by atoms with van der Waals surface area (Å²) in [5.74, 6) is -0.690. The van der Waals surface area contributed by atoms with Crippen molar-refractivity contribution < 1.29 is 9.18 Å². The number of carbonyl (C=O) groups is 1. The highest BCUT2D eigenvalue weighted by Crippen LogP contribution is 2.16. The van der Waals surface area contributed by atoms with Gasteiger partial charge in [0.15, 0.2) is 0 Å². The van der Waals surface area contributed by atoms with Crippen molar-refractivity contribution in [2.24, 2.45) is 5.10 Å². The quantitative estimate of drug-likeness (QED) is 0.564. The second kappa shape index (κ2) is 6.29. The Balaban J connectivity index is 1.82. The van der Waals surface area contributed by atoms with Crippen LogP contribution in [0.1, 0.15) is 21.7 Å². The van der Waals surface area contributed by atoms with E-state index in [4.69, 9.17) is 0 Å². The highest BCUT2D eigenvalue weighted by molar-refractivity contribution is 9.10. The molecule has 0 radical (unpaired) electrons. The lowest BCUT2D eigenvalue weighted by molar-refractivity contribution is 0.0948. The second-order valence-electron chi connectivity index (χ2n) is 4.87. The lowest BCUT2D eigenvalue weighted by Crippen LogP contribution is -2.20. The number of rotatable bonds is 3. The fourth-order valence-electron chi connectivity index (χ4n) is 2.18. The van der Waals surface area contributed by atoms with Crippen LogP contribution in [0.15, 0.2) is 52.2 Å². The van der Waals surface area contributed by atoms with Crippen LogP contribution in [0.4, 0.5) is 4.39 Å². The van der Waals surface area contributed by atoms with Crippen LogP contribution >= 0.6 is 15.9 Å². The molecule has 0 saturated heterocycles. The number of hydrogen-bond donors (Lipinski definition) is 1. The van der Waals surface area contributed by atoms with E-state index in [0.29, 0.717) is 22.6 Å². The lowest BCUT2D eigenvalue weighted by atomic mass is 10.2. The lowest BCUT2D eigenvalue weighted by Gasteiger charge is -2.02. The zero-order valence-corrected chi connectivity index (χ0v) is 13.7. The van der Waals surface area contributed by atoms with Gasteiger partial charge in [0.05, 0.1) is 11.9 Å². The summed E-state index contributed by atoms with van der Waals surface area (Å²) >= 11 is 3.37. The summed E-state index contributed by atoms with van der Waals surface area (Å²) in [4.78, 5) is 16.7. The summed E-state index contributed by atoms with van der Waals surface area (Å²) in [7, 11) is 0. The number of nitrogens with zero attached hydrogens (tertiary/aromatic N) is 3. The Morgan fingerprint density at radius 2 is 2.04 bits per heavy atom. The predicted molar refractivity (Wildman–Crippen MR) is 89.1 cm³/mol. The minimum Gasteiger partial charge on any atom is -0.294 e. The molecule has 116 valence electrons. The maximum absolute atomic E-state index is 12.8. The summed E-state index contributed by atoms with van der Waals surface area (Å²) in [6, 6.07) is 9.47. The minimum absolute atomic E-state index is 0.321. The van der Waals surface area contributed by atoms with Gasteiger partial charge in [-0.05, 0) is 52.7 Å². The second-order valence-corrected chi connectivity index (χ2v) is 5.79. The van der Waals surface area contributed by atoms with Crippen LogP contribution in [0.2, 0.25) is 0 Å². The van der Waals surface area contributed by atoms with Gasteiger partial charge < -0.3 is 0 Å². The highest BCUT2D eigenvalue weighted by Gasteiger charge is 2.16. The molecule has 1 amide bonds. The number of halogens is 2. The molecule has 0 aliphatic heterocycles. The Morgan fingerprint density at radius 3 is 2.78 bits per heavy atom. The first kappa shape index (κ1) is 15.4. The van der Waals surface area contributed by atoms with Crippen molar-refractivity contribution in [2.75, 3.05) is 0 Å². The molecule has 0 bridgehead atoms. The van der Waals surface area contributed by atoms with Crippen molar-refractivity contribution in [3.05, 3.63) is 69.8 Å². The van der Waals surface area contributed by atoms with E-state index in [9.17, 15) is 9.18 Å². The van der Waals surface area contributed by atoms with Gasteiger partial charge in [0.2, 0.25) is 0 Å². The first-order valence-corrected chi connectivity index (χ1v) is 7.57. The number of fused-ring (bicyclic) bond motifs is 1. The number of hydrazone groups is 1. The Bertz CT molecular complexity index is 902. The van der Waals surface area contributed by atoms with Crippen molar-refractivity contribution in [3.8, 4) is 0 Å². The number of hydrogen-bond acceptors (Lipinski definition) is 3. The van der Waals surface area contributed by atoms with Crippen molar-refractivity contribution in [2.45, 2.75) is 6.92 Å². The third kappa shape index (κ3) is 3.29. The zero-order chi connectivity index (χ0) is 16.4. The smallest absolute Gasteiger partial charge is 0.290 e. The van der Waals surface area contributed by atoms with Gasteiger partial charge in [0, 0.05) is 10.7 Å². The van der Waals surface area contributed by atoms with E-state index >= 15 is 0 Å². The average molecular weight is 375 g/mol. The molecule has 0 atom stereocenters. The third-order valence-corrected chi connectivity index (χ3v) is 3.69. The molecule has 23 heavy (non-hydrogen) atoms. The van der Waals surface area contributed by atoms with E-state index in [2.05, 4.69) is 31.4 Å². The highest BCUT2D eigenvalue weighted by atomic mass is 79.9. The van der Waals surface area contributed by atoms with E-state index in [1.54, 1.807) is 29.7 Å². The Labute approximate surface area is 140 Å². The molecule has 3 aromatic rings. The summed E-state index contributed by atoms with van der Waals surface area (Å²) in [5.41, 5.74) is 4.85. The first-order valence-electron chi connectivity index (χ1n) is 6.78. The number of imidazole rings is 1. The van der Waals surface area contributed by atoms with Gasteiger partial charge in [0.25, 0.3) is 5.91 Å². The summed E-state index contributed by atoms with van der Waals surface area (Å²) in [5, 5.41) is 3.90. The Hall–Kier alpha value is -2.54. The number of benzene rings is 1. The predicted octanol–water partition coefficient (Wildman–Crippen LogP) is 3.31. The summed E-state index contributed by atoms with van der Waals surface area (Å²) < 4.78 is 15.4. The topological polar surface area (TPSA) is 58.8 Å². The fraction of sp³-hybridized carbons (Fsp3) is 0.0625. The van der Waals surface area contributed by atoms with Gasteiger partial charge in [-0.25, -0.2) is 14.8 Å². The number of amides is 1. The van der Waals surface area contributed by atoms with E-state index in [1.807, 2.05) is 12.1 Å². The monoisotopic (exact) mass is 374 g/mol. The van der Waals surface area contributed by atoms with Crippen molar-refractivity contribution in [3.63, 3.8) is 0 Å². The van der Waals surface area contributed by atoms with Crippen molar-refractivity contribution >= 4 is 33.7 Å². The molecule has 7 heteroatoms. The molecule has 0 aliphatic rings. The standard InChI is InChI=1S/C16H12BrFN4O/c1-10-15(22-9-12(17)4-7-14(22)20-10)16(23)21-19-8-11-2-5-13(18)6-3-11/h2-9H,1H3,(H,21,23). The van der Waals surface area contributed by atoms with Crippen LogP contribution in [-0.2, 0) is 0 Å². The van der Waals surface area contributed by atoms with E-state index in [0.717, 1.165) is 4.47 Å². The van der Waals surface area contributed by atoms with E-state index in [1.165, 1.54) is 18.3 Å². The molecule has 1 N–H and O–H groups in total. The molecule has 3 rings (SSSR count). The van der Waals surface area contributed by atoms with Gasteiger partial charge in [0.1, 0.15) is 17.2 Å². The maximum atomic E-state index is 12.8. The molecule has 0 unspecified atom stereocenters.